The van der Waals surface area contributed by atoms with Crippen LogP contribution >= 0.6 is 0 Å². The lowest BCUT2D eigenvalue weighted by atomic mass is 10.4. The summed E-state index contributed by atoms with van der Waals surface area (Å²) < 4.78 is 14.6. The van der Waals surface area contributed by atoms with Gasteiger partial charge in [-0.05, 0) is 0 Å². The first kappa shape index (κ1) is 15.6. The Bertz CT molecular complexity index is 255. The van der Waals surface area contributed by atoms with Crippen molar-refractivity contribution in [2.24, 2.45) is 5.73 Å². The molecule has 0 aromatic carbocycles. The quantitative estimate of drug-likeness (QED) is 0.294. The van der Waals surface area contributed by atoms with Crippen LogP contribution in [0.5, 0.6) is 0 Å². The van der Waals surface area contributed by atoms with Gasteiger partial charge in [0.05, 0.1) is 13.2 Å². The highest BCUT2D eigenvalue weighted by molar-refractivity contribution is 5.75. The van der Waals surface area contributed by atoms with Crippen LogP contribution in [0.25, 0.3) is 0 Å². The highest BCUT2D eigenvalue weighted by Gasteiger charge is 2.21. The molecule has 3 N–H and O–H groups in total. The molecule has 0 aliphatic carbocycles. The van der Waals surface area contributed by atoms with E-state index < -0.39 is 24.6 Å². The van der Waals surface area contributed by atoms with Gasteiger partial charge in [0.2, 0.25) is 0 Å². The summed E-state index contributed by atoms with van der Waals surface area (Å²) in [5, 5.41) is 8.44. The van der Waals surface area contributed by atoms with E-state index in [1.165, 1.54) is 6.08 Å². The van der Waals surface area contributed by atoms with Gasteiger partial charge in [-0.15, -0.1) is 0 Å². The maximum absolute atomic E-state index is 11.4. The summed E-state index contributed by atoms with van der Waals surface area (Å²) in [6.07, 6.45) is 0.324. The van der Waals surface area contributed by atoms with Crippen LogP contribution in [0.2, 0.25) is 0 Å². The first-order chi connectivity index (χ1) is 8.11. The highest BCUT2D eigenvalue weighted by Crippen LogP contribution is 1.98. The standard InChI is InChI=1S/C10H17NO6/c1-2-4-16-10(14)8(6-15-5-3-11)17-7-9(12)13/h2,8H,1,3-7,11H2,(H,12,13). The summed E-state index contributed by atoms with van der Waals surface area (Å²) in [5.74, 6) is -1.87. The molecule has 1 unspecified atom stereocenters. The topological polar surface area (TPSA) is 108 Å². The normalized spacial score (nSPS) is 11.8. The van der Waals surface area contributed by atoms with Crippen LogP contribution in [0, 0.1) is 0 Å². The predicted octanol–water partition coefficient (Wildman–Crippen LogP) is -0.839. The van der Waals surface area contributed by atoms with Gasteiger partial charge in [-0.3, -0.25) is 0 Å². The van der Waals surface area contributed by atoms with Crippen molar-refractivity contribution < 1.29 is 28.9 Å². The van der Waals surface area contributed by atoms with Gasteiger partial charge in [-0.1, -0.05) is 12.7 Å². The van der Waals surface area contributed by atoms with Crippen molar-refractivity contribution in [2.75, 3.05) is 33.0 Å². The van der Waals surface area contributed by atoms with Gasteiger partial charge in [0.25, 0.3) is 0 Å². The summed E-state index contributed by atoms with van der Waals surface area (Å²) in [7, 11) is 0. The number of esters is 1. The fraction of sp³-hybridized carbons (Fsp3) is 0.600. The molecule has 0 aliphatic rings. The molecule has 0 rings (SSSR count). The second kappa shape index (κ2) is 9.76. The SMILES string of the molecule is C=CCOC(=O)C(COCCN)OCC(=O)O. The molecule has 0 aliphatic heterocycles. The van der Waals surface area contributed by atoms with Gasteiger partial charge in [-0.25, -0.2) is 9.59 Å². The molecule has 0 heterocycles. The van der Waals surface area contributed by atoms with Crippen LogP contribution in [-0.2, 0) is 23.8 Å². The largest absolute Gasteiger partial charge is 0.480 e. The summed E-state index contributed by atoms with van der Waals surface area (Å²) in [5.41, 5.74) is 5.20. The third kappa shape index (κ3) is 8.38. The van der Waals surface area contributed by atoms with Crippen molar-refractivity contribution >= 4 is 11.9 Å². The van der Waals surface area contributed by atoms with Crippen molar-refractivity contribution in [1.82, 2.24) is 0 Å². The minimum absolute atomic E-state index is 0.0304. The molecule has 7 heteroatoms. The van der Waals surface area contributed by atoms with Crippen LogP contribution in [0.4, 0.5) is 0 Å². The van der Waals surface area contributed by atoms with Crippen LogP contribution in [0.15, 0.2) is 12.7 Å². The van der Waals surface area contributed by atoms with E-state index in [0.717, 1.165) is 0 Å². The first-order valence-electron chi connectivity index (χ1n) is 5.00. The Hall–Kier alpha value is -1.44. The van der Waals surface area contributed by atoms with E-state index in [-0.39, 0.29) is 19.8 Å². The molecule has 0 fully saturated rings. The molecule has 0 radical (unpaired) electrons. The number of carboxylic acids is 1. The van der Waals surface area contributed by atoms with Gasteiger partial charge >= 0.3 is 11.9 Å². The Kier molecular flexibility index (Phi) is 8.94. The number of carbonyl (C=O) groups excluding carboxylic acids is 1. The van der Waals surface area contributed by atoms with Crippen LogP contribution in [-0.4, -0.2) is 56.1 Å². The minimum atomic E-state index is -1.18. The fourth-order valence-corrected chi connectivity index (χ4v) is 0.864. The molecule has 98 valence electrons. The third-order valence-corrected chi connectivity index (χ3v) is 1.55. The number of hydrogen-bond donors (Lipinski definition) is 2. The van der Waals surface area contributed by atoms with Crippen molar-refractivity contribution in [2.45, 2.75) is 6.10 Å². The maximum atomic E-state index is 11.4. The second-order valence-electron chi connectivity index (χ2n) is 2.98. The second-order valence-corrected chi connectivity index (χ2v) is 2.98. The van der Waals surface area contributed by atoms with Crippen molar-refractivity contribution in [3.05, 3.63) is 12.7 Å². The summed E-state index contributed by atoms with van der Waals surface area (Å²) >= 11 is 0. The molecule has 0 saturated carbocycles. The third-order valence-electron chi connectivity index (χ3n) is 1.55. The molecule has 0 aromatic heterocycles. The highest BCUT2D eigenvalue weighted by atomic mass is 16.6. The molecule has 1 atom stereocenters. The molecular formula is C10H17NO6. The zero-order valence-corrected chi connectivity index (χ0v) is 9.46. The Morgan fingerprint density at radius 2 is 2.18 bits per heavy atom. The zero-order chi connectivity index (χ0) is 13.1. The van der Waals surface area contributed by atoms with Gasteiger partial charge in [-0.2, -0.15) is 0 Å². The Balaban J connectivity index is 4.11. The smallest absolute Gasteiger partial charge is 0.338 e. The number of carboxylic acid groups (broad SMARTS) is 1. The van der Waals surface area contributed by atoms with Crippen LogP contribution in [0.3, 0.4) is 0 Å². The zero-order valence-electron chi connectivity index (χ0n) is 9.46. The van der Waals surface area contributed by atoms with Crippen LogP contribution in [0.1, 0.15) is 0 Å². The van der Waals surface area contributed by atoms with Crippen LogP contribution < -0.4 is 5.73 Å². The average Bonchev–Trinajstić information content (AvgIpc) is 2.30. The Morgan fingerprint density at radius 3 is 2.71 bits per heavy atom. The summed E-state index contributed by atoms with van der Waals surface area (Å²) in [4.78, 5) is 21.7. The van der Waals surface area contributed by atoms with E-state index in [9.17, 15) is 9.59 Å². The van der Waals surface area contributed by atoms with E-state index in [1.54, 1.807) is 0 Å². The maximum Gasteiger partial charge on any atom is 0.338 e. The number of carbonyl (C=O) groups is 2. The molecule has 0 spiro atoms. The van der Waals surface area contributed by atoms with Gasteiger partial charge in [0, 0.05) is 6.54 Å². The van der Waals surface area contributed by atoms with E-state index in [4.69, 9.17) is 25.1 Å². The van der Waals surface area contributed by atoms with Gasteiger partial charge < -0.3 is 25.1 Å². The molecule has 0 bridgehead atoms. The fourth-order valence-electron chi connectivity index (χ4n) is 0.864. The lowest BCUT2D eigenvalue weighted by Gasteiger charge is -2.15. The van der Waals surface area contributed by atoms with Crippen molar-refractivity contribution in [3.8, 4) is 0 Å². The summed E-state index contributed by atoms with van der Waals surface area (Å²) in [6.45, 7) is 3.27. The van der Waals surface area contributed by atoms with E-state index >= 15 is 0 Å². The number of aliphatic carboxylic acids is 1. The van der Waals surface area contributed by atoms with Crippen molar-refractivity contribution in [3.63, 3.8) is 0 Å². The summed E-state index contributed by atoms with van der Waals surface area (Å²) in [6, 6.07) is 0. The Labute approximate surface area is 99.1 Å². The molecule has 17 heavy (non-hydrogen) atoms. The number of nitrogens with two attached hydrogens (primary N) is 1. The molecule has 0 amide bonds. The monoisotopic (exact) mass is 247 g/mol. The first-order valence-corrected chi connectivity index (χ1v) is 5.00. The number of rotatable bonds is 10. The van der Waals surface area contributed by atoms with E-state index in [2.05, 4.69) is 6.58 Å². The lowest BCUT2D eigenvalue weighted by Crippen LogP contribution is -2.33. The molecule has 0 aromatic rings. The van der Waals surface area contributed by atoms with Gasteiger partial charge in [0.1, 0.15) is 13.2 Å². The van der Waals surface area contributed by atoms with Gasteiger partial charge in [0.15, 0.2) is 6.10 Å². The number of ether oxygens (including phenoxy) is 3. The molecule has 0 saturated heterocycles. The van der Waals surface area contributed by atoms with E-state index in [0.29, 0.717) is 6.54 Å². The predicted molar refractivity (Wildman–Crippen MR) is 58.4 cm³/mol. The lowest BCUT2D eigenvalue weighted by molar-refractivity contribution is -0.164. The Morgan fingerprint density at radius 1 is 1.47 bits per heavy atom. The van der Waals surface area contributed by atoms with E-state index in [1.807, 2.05) is 0 Å². The number of hydrogen-bond acceptors (Lipinski definition) is 6. The minimum Gasteiger partial charge on any atom is -0.480 e. The van der Waals surface area contributed by atoms with Crippen molar-refractivity contribution in [1.29, 1.82) is 0 Å². The molecular weight excluding hydrogens is 230 g/mol. The molecule has 7 nitrogen and oxygen atoms in total. The average molecular weight is 247 g/mol.